The lowest BCUT2D eigenvalue weighted by Gasteiger charge is -2.38. The summed E-state index contributed by atoms with van der Waals surface area (Å²) in [4.78, 5) is 16.8. The Kier molecular flexibility index (Phi) is 3.79. The molecule has 0 radical (unpaired) electrons. The van der Waals surface area contributed by atoms with E-state index in [4.69, 9.17) is 0 Å². The molecular formula is C19H21N5OS. The molecule has 1 saturated heterocycles. The number of hydrogen-bond acceptors (Lipinski definition) is 5. The number of carbonyl (C=O) groups excluding carboxylic acids is 1. The SMILES string of the molecule is CN1CCN(C(=O)C2CC2)C[C@H]1c1nnn2cc(-c3ccsc3)ccc12. The molecule has 0 spiro atoms. The molecule has 0 unspecified atom stereocenters. The molecule has 1 aliphatic heterocycles. The highest BCUT2D eigenvalue weighted by atomic mass is 32.1. The minimum absolute atomic E-state index is 0.0935. The molecule has 0 N–H and O–H groups in total. The van der Waals surface area contributed by atoms with Crippen LogP contribution in [0.15, 0.2) is 35.2 Å². The molecule has 3 aromatic rings. The second kappa shape index (κ2) is 6.17. The van der Waals surface area contributed by atoms with Gasteiger partial charge in [0, 0.05) is 37.3 Å². The van der Waals surface area contributed by atoms with Gasteiger partial charge in [-0.2, -0.15) is 11.3 Å². The first-order valence-corrected chi connectivity index (χ1v) is 10.0. The van der Waals surface area contributed by atoms with E-state index in [2.05, 4.69) is 51.2 Å². The molecule has 4 heterocycles. The molecule has 1 saturated carbocycles. The fraction of sp³-hybridized carbons (Fsp3) is 0.421. The second-order valence-corrected chi connectivity index (χ2v) is 8.07. The summed E-state index contributed by atoms with van der Waals surface area (Å²) in [6, 6.07) is 6.42. The summed E-state index contributed by atoms with van der Waals surface area (Å²) in [7, 11) is 2.11. The van der Waals surface area contributed by atoms with Gasteiger partial charge in [0.25, 0.3) is 0 Å². The van der Waals surface area contributed by atoms with Gasteiger partial charge in [-0.05, 0) is 48.3 Å². The van der Waals surface area contributed by atoms with Gasteiger partial charge >= 0.3 is 0 Å². The van der Waals surface area contributed by atoms with Gasteiger partial charge < -0.3 is 4.90 Å². The molecule has 2 aliphatic rings. The van der Waals surface area contributed by atoms with Gasteiger partial charge in [0.05, 0.1) is 11.6 Å². The highest BCUT2D eigenvalue weighted by Crippen LogP contribution is 2.34. The topological polar surface area (TPSA) is 53.7 Å². The van der Waals surface area contributed by atoms with E-state index >= 15 is 0 Å². The highest BCUT2D eigenvalue weighted by molar-refractivity contribution is 7.08. The molecule has 3 aromatic heterocycles. The minimum Gasteiger partial charge on any atom is -0.339 e. The summed E-state index contributed by atoms with van der Waals surface area (Å²) in [6.07, 6.45) is 4.14. The zero-order valence-electron chi connectivity index (χ0n) is 14.7. The van der Waals surface area contributed by atoms with Crippen LogP contribution in [0, 0.1) is 5.92 Å². The predicted octanol–water partition coefficient (Wildman–Crippen LogP) is 2.68. The number of amides is 1. The van der Waals surface area contributed by atoms with Crippen molar-refractivity contribution in [2.24, 2.45) is 5.92 Å². The lowest BCUT2D eigenvalue weighted by molar-refractivity contribution is -0.135. The van der Waals surface area contributed by atoms with E-state index in [0.717, 1.165) is 42.7 Å². The van der Waals surface area contributed by atoms with Gasteiger partial charge in [-0.25, -0.2) is 4.52 Å². The maximum Gasteiger partial charge on any atom is 0.225 e. The Labute approximate surface area is 156 Å². The van der Waals surface area contributed by atoms with E-state index in [0.29, 0.717) is 12.5 Å². The zero-order valence-corrected chi connectivity index (χ0v) is 15.5. The van der Waals surface area contributed by atoms with E-state index in [1.807, 2.05) is 15.6 Å². The van der Waals surface area contributed by atoms with Crippen LogP contribution in [0.1, 0.15) is 24.6 Å². The third kappa shape index (κ3) is 2.71. The predicted molar refractivity (Wildman–Crippen MR) is 101 cm³/mol. The summed E-state index contributed by atoms with van der Waals surface area (Å²) in [5.41, 5.74) is 4.31. The van der Waals surface area contributed by atoms with Crippen LogP contribution >= 0.6 is 11.3 Å². The Morgan fingerprint density at radius 3 is 2.85 bits per heavy atom. The number of carbonyl (C=O) groups is 1. The highest BCUT2D eigenvalue weighted by Gasteiger charge is 2.37. The van der Waals surface area contributed by atoms with E-state index in [1.165, 1.54) is 5.56 Å². The standard InChI is InChI=1S/C19H21N5OS/c1-22-7-8-23(19(25)13-2-3-13)11-17(22)18-16-5-4-14(10-24(16)21-20-18)15-6-9-26-12-15/h4-6,9-10,12-13,17H,2-3,7-8,11H2,1H3/t17-/m0/s1. The first-order valence-electron chi connectivity index (χ1n) is 9.07. The van der Waals surface area contributed by atoms with Gasteiger partial charge in [0.15, 0.2) is 0 Å². The number of rotatable bonds is 3. The second-order valence-electron chi connectivity index (χ2n) is 7.29. The summed E-state index contributed by atoms with van der Waals surface area (Å²) < 4.78 is 1.86. The molecule has 1 amide bonds. The largest absolute Gasteiger partial charge is 0.339 e. The van der Waals surface area contributed by atoms with Crippen molar-refractivity contribution in [2.45, 2.75) is 18.9 Å². The maximum absolute atomic E-state index is 12.5. The van der Waals surface area contributed by atoms with Crippen LogP contribution in [0.25, 0.3) is 16.6 Å². The lowest BCUT2D eigenvalue weighted by atomic mass is 10.1. The fourth-order valence-electron chi connectivity index (χ4n) is 3.71. The van der Waals surface area contributed by atoms with Gasteiger partial charge in [0.1, 0.15) is 5.69 Å². The summed E-state index contributed by atoms with van der Waals surface area (Å²) >= 11 is 1.69. The number of piperazine rings is 1. The molecule has 2 fully saturated rings. The number of hydrogen-bond donors (Lipinski definition) is 0. The smallest absolute Gasteiger partial charge is 0.225 e. The summed E-state index contributed by atoms with van der Waals surface area (Å²) in [5.74, 6) is 0.586. The molecule has 134 valence electrons. The van der Waals surface area contributed by atoms with E-state index in [-0.39, 0.29) is 12.0 Å². The number of pyridine rings is 1. The Balaban J connectivity index is 1.46. The summed E-state index contributed by atoms with van der Waals surface area (Å²) in [6.45, 7) is 2.38. The van der Waals surface area contributed by atoms with Crippen LogP contribution in [0.3, 0.4) is 0 Å². The van der Waals surface area contributed by atoms with Crippen LogP contribution in [0.5, 0.6) is 0 Å². The Morgan fingerprint density at radius 2 is 2.08 bits per heavy atom. The molecule has 1 aliphatic carbocycles. The molecule has 1 atom stereocenters. The molecule has 0 aromatic carbocycles. The molecule has 6 nitrogen and oxygen atoms in total. The molecular weight excluding hydrogens is 346 g/mol. The Bertz CT molecular complexity index is 946. The van der Waals surface area contributed by atoms with E-state index in [1.54, 1.807) is 11.3 Å². The number of likely N-dealkylation sites (N-methyl/N-ethyl adjacent to an activating group) is 1. The molecule has 5 rings (SSSR count). The van der Waals surface area contributed by atoms with E-state index < -0.39 is 0 Å². The van der Waals surface area contributed by atoms with Crippen LogP contribution in [-0.2, 0) is 4.79 Å². The molecule has 7 heteroatoms. The van der Waals surface area contributed by atoms with Crippen LogP contribution in [0.2, 0.25) is 0 Å². The van der Waals surface area contributed by atoms with Crippen LogP contribution in [0.4, 0.5) is 0 Å². The maximum atomic E-state index is 12.5. The minimum atomic E-state index is 0.0935. The van der Waals surface area contributed by atoms with Crippen LogP contribution in [-0.4, -0.2) is 57.2 Å². The van der Waals surface area contributed by atoms with Gasteiger partial charge in [-0.3, -0.25) is 9.69 Å². The summed E-state index contributed by atoms with van der Waals surface area (Å²) in [5, 5.41) is 13.1. The third-order valence-corrected chi connectivity index (χ3v) is 6.18. The fourth-order valence-corrected chi connectivity index (χ4v) is 4.37. The number of thiophene rings is 1. The number of aromatic nitrogens is 3. The lowest BCUT2D eigenvalue weighted by Crippen LogP contribution is -2.49. The number of nitrogens with zero attached hydrogens (tertiary/aromatic N) is 5. The van der Waals surface area contributed by atoms with Crippen molar-refractivity contribution in [3.05, 3.63) is 40.8 Å². The first-order chi connectivity index (χ1) is 12.7. The monoisotopic (exact) mass is 367 g/mol. The van der Waals surface area contributed by atoms with Gasteiger partial charge in [-0.15, -0.1) is 5.10 Å². The quantitative estimate of drug-likeness (QED) is 0.714. The normalized spacial score (nSPS) is 21.4. The average molecular weight is 367 g/mol. The van der Waals surface area contributed by atoms with Crippen molar-refractivity contribution >= 4 is 22.8 Å². The Morgan fingerprint density at radius 1 is 1.19 bits per heavy atom. The van der Waals surface area contributed by atoms with Crippen molar-refractivity contribution in [3.63, 3.8) is 0 Å². The van der Waals surface area contributed by atoms with Gasteiger partial charge in [-0.1, -0.05) is 11.3 Å². The van der Waals surface area contributed by atoms with Crippen LogP contribution < -0.4 is 0 Å². The zero-order chi connectivity index (χ0) is 17.7. The van der Waals surface area contributed by atoms with Crippen molar-refractivity contribution < 1.29 is 4.79 Å². The average Bonchev–Trinajstić information content (AvgIpc) is 3.20. The molecule has 0 bridgehead atoms. The van der Waals surface area contributed by atoms with Crippen molar-refractivity contribution in [1.82, 2.24) is 24.6 Å². The Hall–Kier alpha value is -2.25. The number of fused-ring (bicyclic) bond motifs is 1. The van der Waals surface area contributed by atoms with Crippen molar-refractivity contribution in [1.29, 1.82) is 0 Å². The van der Waals surface area contributed by atoms with Crippen molar-refractivity contribution in [2.75, 3.05) is 26.7 Å². The molecule has 26 heavy (non-hydrogen) atoms. The van der Waals surface area contributed by atoms with Crippen molar-refractivity contribution in [3.8, 4) is 11.1 Å². The van der Waals surface area contributed by atoms with E-state index in [9.17, 15) is 4.79 Å². The third-order valence-electron chi connectivity index (χ3n) is 5.50. The first kappa shape index (κ1) is 16.0. The van der Waals surface area contributed by atoms with Gasteiger partial charge in [0.2, 0.25) is 5.91 Å².